The van der Waals surface area contributed by atoms with Crippen LogP contribution in [0.5, 0.6) is 11.5 Å². The lowest BCUT2D eigenvalue weighted by molar-refractivity contribution is -0.0650. The summed E-state index contributed by atoms with van der Waals surface area (Å²) in [6.07, 6.45) is 3.76. The van der Waals surface area contributed by atoms with Crippen LogP contribution in [0, 0.1) is 0 Å². The van der Waals surface area contributed by atoms with E-state index in [1.165, 1.54) is 38.9 Å². The Hall–Kier alpha value is -3.28. The van der Waals surface area contributed by atoms with E-state index in [1.807, 2.05) is 6.07 Å². The van der Waals surface area contributed by atoms with Crippen LogP contribution in [0.3, 0.4) is 0 Å². The zero-order valence-corrected chi connectivity index (χ0v) is 20.6. The minimum Gasteiger partial charge on any atom is -0.504 e. The Bertz CT molecular complexity index is 1510. The summed E-state index contributed by atoms with van der Waals surface area (Å²) < 4.78 is 6.85. The molecule has 0 unspecified atom stereocenters. The third-order valence-corrected chi connectivity index (χ3v) is 9.78. The van der Waals surface area contributed by atoms with Crippen molar-refractivity contribution in [3.05, 3.63) is 94.7 Å². The average Bonchev–Trinajstić information content (AvgIpc) is 3.44. The van der Waals surface area contributed by atoms with Crippen LogP contribution in [-0.4, -0.2) is 46.7 Å². The van der Waals surface area contributed by atoms with Crippen LogP contribution in [0.2, 0.25) is 0 Å². The van der Waals surface area contributed by atoms with E-state index in [9.17, 15) is 5.11 Å². The van der Waals surface area contributed by atoms with Crippen LogP contribution < -0.4 is 10.1 Å². The number of hydrogen-bond acceptors (Lipinski definition) is 4. The van der Waals surface area contributed by atoms with Crippen molar-refractivity contribution >= 4 is 10.9 Å². The van der Waals surface area contributed by atoms with E-state index < -0.39 is 0 Å². The summed E-state index contributed by atoms with van der Waals surface area (Å²) in [7, 11) is 2.29. The van der Waals surface area contributed by atoms with Gasteiger partial charge in [-0.15, -0.1) is 0 Å². The molecule has 3 aromatic carbocycles. The van der Waals surface area contributed by atoms with Crippen molar-refractivity contribution in [2.75, 3.05) is 20.1 Å². The predicted octanol–water partition coefficient (Wildman–Crippen LogP) is 4.63. The quantitative estimate of drug-likeness (QED) is 0.401. The first-order chi connectivity index (χ1) is 17.6. The lowest BCUT2D eigenvalue weighted by atomic mass is 9.47. The largest absolute Gasteiger partial charge is 0.504 e. The van der Waals surface area contributed by atoms with Crippen molar-refractivity contribution in [2.45, 2.75) is 48.8 Å². The Balaban J connectivity index is 1.36. The topological polar surface area (TPSA) is 60.5 Å². The maximum Gasteiger partial charge on any atom is 0.166 e. The maximum atomic E-state index is 11.0. The molecule has 36 heavy (non-hydrogen) atoms. The monoisotopic (exact) mass is 477 g/mol. The zero-order valence-electron chi connectivity index (χ0n) is 20.6. The third-order valence-electron chi connectivity index (χ3n) is 9.78. The van der Waals surface area contributed by atoms with E-state index in [-0.39, 0.29) is 22.8 Å². The van der Waals surface area contributed by atoms with E-state index >= 15 is 0 Å². The molecule has 8 rings (SSSR count). The van der Waals surface area contributed by atoms with Gasteiger partial charge >= 0.3 is 0 Å². The van der Waals surface area contributed by atoms with Crippen LogP contribution in [0.15, 0.2) is 66.7 Å². The maximum absolute atomic E-state index is 11.0. The molecular weight excluding hydrogens is 446 g/mol. The number of phenols is 1. The first-order valence-electron chi connectivity index (χ1n) is 13.2. The standard InChI is InChI=1S/C31H31N3O2/c1-34-16-14-30-26-20-11-12-24(35)28(26)36-29(30)27-22(21-9-5-6-10-23(21)33-27)18-31(30,25(34)17-20)32-15-13-19-7-3-2-4-8-19/h2-12,25,29,32-33,35H,13-18H2,1H3/t25-,29-,30-,31+/m0/s1. The molecule has 2 aliphatic heterocycles. The normalized spacial score (nSPS) is 29.6. The van der Waals surface area contributed by atoms with Crippen LogP contribution >= 0.6 is 0 Å². The van der Waals surface area contributed by atoms with E-state index in [4.69, 9.17) is 4.74 Å². The minimum absolute atomic E-state index is 0.142. The van der Waals surface area contributed by atoms with Gasteiger partial charge in [0, 0.05) is 22.5 Å². The van der Waals surface area contributed by atoms with Crippen molar-refractivity contribution in [1.82, 2.24) is 15.2 Å². The highest BCUT2D eigenvalue weighted by Crippen LogP contribution is 2.68. The van der Waals surface area contributed by atoms with Crippen LogP contribution in [0.25, 0.3) is 10.9 Å². The van der Waals surface area contributed by atoms with Gasteiger partial charge in [0.2, 0.25) is 0 Å². The molecule has 0 amide bonds. The van der Waals surface area contributed by atoms with Gasteiger partial charge in [-0.1, -0.05) is 54.6 Å². The number of piperidine rings is 1. The van der Waals surface area contributed by atoms with Gasteiger partial charge in [-0.05, 0) is 74.6 Å². The van der Waals surface area contributed by atoms with Gasteiger partial charge < -0.3 is 25.0 Å². The highest BCUT2D eigenvalue weighted by molar-refractivity contribution is 5.86. The molecule has 4 aliphatic rings. The second-order valence-corrected chi connectivity index (χ2v) is 11.2. The van der Waals surface area contributed by atoms with Gasteiger partial charge in [0.1, 0.15) is 0 Å². The van der Waals surface area contributed by atoms with Gasteiger partial charge in [-0.2, -0.15) is 0 Å². The number of nitrogens with zero attached hydrogens (tertiary/aromatic N) is 1. The molecule has 0 saturated carbocycles. The highest BCUT2D eigenvalue weighted by Gasteiger charge is 2.72. The van der Waals surface area contributed by atoms with Crippen molar-refractivity contribution < 1.29 is 9.84 Å². The third kappa shape index (κ3) is 2.43. The molecule has 4 atom stereocenters. The molecule has 182 valence electrons. The first-order valence-corrected chi connectivity index (χ1v) is 13.2. The Kier molecular flexibility index (Phi) is 4.14. The molecule has 1 fully saturated rings. The molecule has 1 aromatic heterocycles. The van der Waals surface area contributed by atoms with Crippen molar-refractivity contribution in [3.8, 4) is 11.5 Å². The summed E-state index contributed by atoms with van der Waals surface area (Å²) >= 11 is 0. The Morgan fingerprint density at radius 3 is 2.81 bits per heavy atom. The van der Waals surface area contributed by atoms with Gasteiger partial charge in [-0.25, -0.2) is 0 Å². The molecule has 2 bridgehead atoms. The van der Waals surface area contributed by atoms with E-state index in [1.54, 1.807) is 0 Å². The molecule has 0 radical (unpaired) electrons. The predicted molar refractivity (Wildman–Crippen MR) is 141 cm³/mol. The summed E-state index contributed by atoms with van der Waals surface area (Å²) in [6, 6.07) is 23.7. The number of H-pyrrole nitrogens is 1. The number of aromatic hydroxyl groups is 1. The molecule has 3 N–H and O–H groups in total. The number of ether oxygens (including phenoxy) is 1. The average molecular weight is 478 g/mol. The zero-order chi connectivity index (χ0) is 24.1. The number of phenolic OH excluding ortho intramolecular Hbond substituents is 1. The van der Waals surface area contributed by atoms with Crippen molar-refractivity contribution in [2.24, 2.45) is 0 Å². The van der Waals surface area contributed by atoms with Crippen LogP contribution in [0.1, 0.15) is 40.5 Å². The van der Waals surface area contributed by atoms with Crippen LogP contribution in [0.4, 0.5) is 0 Å². The smallest absolute Gasteiger partial charge is 0.166 e. The lowest BCUT2D eigenvalue weighted by Crippen LogP contribution is -2.79. The molecule has 3 heterocycles. The minimum atomic E-state index is -0.226. The molecular formula is C31H31N3O2. The van der Waals surface area contributed by atoms with Crippen molar-refractivity contribution in [3.63, 3.8) is 0 Å². The van der Waals surface area contributed by atoms with Gasteiger partial charge in [0.15, 0.2) is 17.6 Å². The molecule has 1 saturated heterocycles. The van der Waals surface area contributed by atoms with E-state index in [0.717, 1.165) is 38.8 Å². The second-order valence-electron chi connectivity index (χ2n) is 11.2. The second kappa shape index (κ2) is 7.15. The lowest BCUT2D eigenvalue weighted by Gasteiger charge is -2.65. The fourth-order valence-corrected chi connectivity index (χ4v) is 8.30. The summed E-state index contributed by atoms with van der Waals surface area (Å²) in [5.74, 6) is 0.979. The molecule has 5 heteroatoms. The summed E-state index contributed by atoms with van der Waals surface area (Å²) in [6.45, 7) is 1.93. The summed E-state index contributed by atoms with van der Waals surface area (Å²) in [5, 5.41) is 16.5. The number of likely N-dealkylation sites (N-methyl/N-ethyl adjacent to an activating group) is 1. The van der Waals surface area contributed by atoms with Crippen molar-refractivity contribution in [1.29, 1.82) is 0 Å². The number of likely N-dealkylation sites (tertiary alicyclic amines) is 1. The van der Waals surface area contributed by atoms with Crippen LogP contribution in [-0.2, 0) is 24.7 Å². The number of para-hydroxylation sites is 1. The van der Waals surface area contributed by atoms with E-state index in [2.05, 4.69) is 82.9 Å². The number of benzene rings is 3. The highest BCUT2D eigenvalue weighted by atomic mass is 16.5. The van der Waals surface area contributed by atoms with Gasteiger partial charge in [0.25, 0.3) is 0 Å². The Morgan fingerprint density at radius 1 is 1.08 bits per heavy atom. The number of hydrogen-bond donors (Lipinski definition) is 3. The Morgan fingerprint density at radius 2 is 1.92 bits per heavy atom. The fraction of sp³-hybridized carbons (Fsp3) is 0.355. The Labute approximate surface area is 211 Å². The van der Waals surface area contributed by atoms with Gasteiger partial charge in [0.05, 0.1) is 16.6 Å². The summed E-state index contributed by atoms with van der Waals surface area (Å²) in [5.41, 5.74) is 7.27. The number of rotatable bonds is 4. The molecule has 2 aliphatic carbocycles. The molecule has 1 spiro atoms. The van der Waals surface area contributed by atoms with Gasteiger partial charge in [-0.3, -0.25) is 0 Å². The first kappa shape index (κ1) is 20.9. The summed E-state index contributed by atoms with van der Waals surface area (Å²) in [4.78, 5) is 6.34. The molecule has 5 nitrogen and oxygen atoms in total. The number of aromatic nitrogens is 1. The molecule has 4 aromatic rings. The number of fused-ring (bicyclic) bond motifs is 4. The SMILES string of the molecule is CN1CC[C@]23c4c5ccc(O)c4O[C@H]2c2[nH]c4ccccc4c2C[C@@]3(NCCc2ccccc2)[C@@H]1C5. The van der Waals surface area contributed by atoms with E-state index in [0.29, 0.717) is 11.8 Å². The fourth-order valence-electron chi connectivity index (χ4n) is 8.30. The number of aromatic amines is 1. The number of nitrogens with one attached hydrogen (secondary N) is 2.